The van der Waals surface area contributed by atoms with Crippen molar-refractivity contribution in [1.82, 2.24) is 14.9 Å². The quantitative estimate of drug-likeness (QED) is 0.347. The number of aromatic nitrogens is 3. The Hall–Kier alpha value is -3.11. The first-order valence-corrected chi connectivity index (χ1v) is 10.6. The molecule has 0 saturated carbocycles. The summed E-state index contributed by atoms with van der Waals surface area (Å²) in [5.41, 5.74) is 0.518. The molecule has 11 heteroatoms. The number of benzene rings is 2. The number of nitrogens with one attached hydrogen (secondary N) is 1. The second-order valence-corrected chi connectivity index (χ2v) is 7.73. The van der Waals surface area contributed by atoms with Gasteiger partial charge in [0.25, 0.3) is 0 Å². The van der Waals surface area contributed by atoms with Gasteiger partial charge in [-0.15, -0.1) is 10.2 Å². The van der Waals surface area contributed by atoms with Gasteiger partial charge in [-0.2, -0.15) is 0 Å². The van der Waals surface area contributed by atoms with E-state index in [1.165, 1.54) is 23.5 Å². The van der Waals surface area contributed by atoms with E-state index >= 15 is 0 Å². The van der Waals surface area contributed by atoms with Crippen molar-refractivity contribution >= 4 is 35.0 Å². The van der Waals surface area contributed by atoms with Crippen LogP contribution in [-0.4, -0.2) is 40.8 Å². The van der Waals surface area contributed by atoms with Gasteiger partial charge < -0.3 is 25.4 Å². The molecule has 164 valence electrons. The Morgan fingerprint density at radius 3 is 2.74 bits per heavy atom. The van der Waals surface area contributed by atoms with Crippen LogP contribution in [0.3, 0.4) is 0 Å². The average Bonchev–Trinajstić information content (AvgIpc) is 3.12. The number of nitrogen functional groups attached to an aromatic ring is 1. The van der Waals surface area contributed by atoms with Crippen LogP contribution in [0.2, 0.25) is 5.02 Å². The van der Waals surface area contributed by atoms with Crippen molar-refractivity contribution in [2.24, 2.45) is 0 Å². The summed E-state index contributed by atoms with van der Waals surface area (Å²) in [4.78, 5) is 12.3. The molecule has 0 fully saturated rings. The van der Waals surface area contributed by atoms with Crippen molar-refractivity contribution in [3.63, 3.8) is 0 Å². The highest BCUT2D eigenvalue weighted by molar-refractivity contribution is 7.99. The summed E-state index contributed by atoms with van der Waals surface area (Å²) in [6.07, 6.45) is 0.239. The van der Waals surface area contributed by atoms with Crippen LogP contribution >= 0.6 is 23.4 Å². The van der Waals surface area contributed by atoms with Crippen molar-refractivity contribution in [2.75, 3.05) is 31.1 Å². The number of rotatable bonds is 10. The highest BCUT2D eigenvalue weighted by Crippen LogP contribution is 2.28. The smallest absolute Gasteiger partial charge is 0.225 e. The molecule has 0 saturated heterocycles. The zero-order chi connectivity index (χ0) is 22.2. The molecule has 3 N–H and O–H groups in total. The van der Waals surface area contributed by atoms with E-state index < -0.39 is 0 Å². The van der Waals surface area contributed by atoms with E-state index in [1.54, 1.807) is 31.4 Å². The summed E-state index contributed by atoms with van der Waals surface area (Å²) in [6.45, 7) is 0.145. The molecule has 0 aliphatic heterocycles. The lowest BCUT2D eigenvalue weighted by Gasteiger charge is -2.10. The lowest BCUT2D eigenvalue weighted by atomic mass is 10.3. The zero-order valence-corrected chi connectivity index (χ0v) is 18.6. The number of nitrogens with zero attached hydrogens (tertiary/aromatic N) is 3. The number of methoxy groups -OCH3 is 2. The topological polar surface area (TPSA) is 114 Å². The molecule has 0 aliphatic carbocycles. The van der Waals surface area contributed by atoms with Crippen LogP contribution in [-0.2, 0) is 11.4 Å². The maximum Gasteiger partial charge on any atom is 0.225 e. The Morgan fingerprint density at radius 2 is 1.97 bits per heavy atom. The third-order valence-electron chi connectivity index (χ3n) is 4.14. The van der Waals surface area contributed by atoms with E-state index in [9.17, 15) is 4.79 Å². The van der Waals surface area contributed by atoms with Crippen molar-refractivity contribution in [3.05, 3.63) is 53.3 Å². The predicted molar refractivity (Wildman–Crippen MR) is 119 cm³/mol. The second-order valence-electron chi connectivity index (χ2n) is 6.23. The van der Waals surface area contributed by atoms with E-state index in [4.69, 9.17) is 31.7 Å². The minimum Gasteiger partial charge on any atom is -0.497 e. The van der Waals surface area contributed by atoms with Gasteiger partial charge in [-0.1, -0.05) is 29.4 Å². The third-order valence-corrected chi connectivity index (χ3v) is 5.32. The Bertz CT molecular complexity index is 1050. The number of hydrogen-bond donors (Lipinski definition) is 2. The number of carbonyl (C=O) groups is 1. The summed E-state index contributed by atoms with van der Waals surface area (Å²) >= 11 is 7.30. The molecule has 1 heterocycles. The minimum atomic E-state index is -0.183. The van der Waals surface area contributed by atoms with Crippen LogP contribution in [0.25, 0.3) is 0 Å². The second kappa shape index (κ2) is 10.8. The van der Waals surface area contributed by atoms with Crippen LogP contribution in [0, 0.1) is 0 Å². The summed E-state index contributed by atoms with van der Waals surface area (Å²) in [5, 5.41) is 11.9. The van der Waals surface area contributed by atoms with E-state index in [2.05, 4.69) is 15.5 Å². The van der Waals surface area contributed by atoms with Gasteiger partial charge in [0, 0.05) is 23.3 Å². The first-order chi connectivity index (χ1) is 15.0. The molecule has 0 radical (unpaired) electrons. The maximum atomic E-state index is 12.3. The molecule has 0 spiro atoms. The fourth-order valence-corrected chi connectivity index (χ4v) is 3.55. The summed E-state index contributed by atoms with van der Waals surface area (Å²) in [5.74, 6) is 8.64. The SMILES string of the molecule is COc1cccc(OCc2nnc(SCCC(=O)Nc3cc(Cl)ccc3OC)n2N)c1. The lowest BCUT2D eigenvalue weighted by molar-refractivity contribution is -0.115. The standard InChI is InChI=1S/C20H22ClN5O4S/c1-28-14-4-3-5-15(11-14)30-12-18-24-25-20(26(18)22)31-9-8-19(27)23-16-10-13(21)6-7-17(16)29-2/h3-7,10-11H,8-9,12,22H2,1-2H3,(H,23,27). The Morgan fingerprint density at radius 1 is 1.16 bits per heavy atom. The average molecular weight is 464 g/mol. The first kappa shape index (κ1) is 22.6. The molecule has 0 bridgehead atoms. The summed E-state index contributed by atoms with van der Waals surface area (Å²) in [6, 6.07) is 12.2. The molecule has 0 aliphatic rings. The van der Waals surface area contributed by atoms with Gasteiger partial charge in [0.1, 0.15) is 23.9 Å². The van der Waals surface area contributed by atoms with Crippen molar-refractivity contribution in [2.45, 2.75) is 18.2 Å². The number of hydrogen-bond acceptors (Lipinski definition) is 8. The number of nitrogens with two attached hydrogens (primary N) is 1. The number of ether oxygens (including phenoxy) is 3. The predicted octanol–water partition coefficient (Wildman–Crippen LogP) is 3.36. The summed E-state index contributed by atoms with van der Waals surface area (Å²) < 4.78 is 17.4. The van der Waals surface area contributed by atoms with Crippen molar-refractivity contribution in [3.8, 4) is 17.2 Å². The fourth-order valence-electron chi connectivity index (χ4n) is 2.57. The van der Waals surface area contributed by atoms with Crippen molar-refractivity contribution < 1.29 is 19.0 Å². The largest absolute Gasteiger partial charge is 0.497 e. The number of carbonyl (C=O) groups excluding carboxylic acids is 1. The summed E-state index contributed by atoms with van der Waals surface area (Å²) in [7, 11) is 3.11. The van der Waals surface area contributed by atoms with Crippen molar-refractivity contribution in [1.29, 1.82) is 0 Å². The molecule has 31 heavy (non-hydrogen) atoms. The van der Waals surface area contributed by atoms with Crippen LogP contribution in [0.1, 0.15) is 12.2 Å². The lowest BCUT2D eigenvalue weighted by Crippen LogP contribution is -2.16. The molecular formula is C20H22ClN5O4S. The Balaban J connectivity index is 1.49. The first-order valence-electron chi connectivity index (χ1n) is 9.22. The number of thioether (sulfide) groups is 1. The molecule has 9 nitrogen and oxygen atoms in total. The van der Waals surface area contributed by atoms with Gasteiger partial charge in [-0.3, -0.25) is 4.79 Å². The molecule has 3 aromatic rings. The van der Waals surface area contributed by atoms with Gasteiger partial charge >= 0.3 is 0 Å². The fraction of sp³-hybridized carbons (Fsp3) is 0.250. The Labute approximate surface area is 188 Å². The van der Waals surface area contributed by atoms with E-state index in [-0.39, 0.29) is 18.9 Å². The minimum absolute atomic E-state index is 0.145. The number of amides is 1. The molecule has 0 unspecified atom stereocenters. The highest BCUT2D eigenvalue weighted by Gasteiger charge is 2.13. The molecule has 2 aromatic carbocycles. The van der Waals surface area contributed by atoms with E-state index in [0.717, 1.165) is 0 Å². The van der Waals surface area contributed by atoms with Gasteiger partial charge in [-0.05, 0) is 30.3 Å². The zero-order valence-electron chi connectivity index (χ0n) is 17.0. The normalized spacial score (nSPS) is 10.5. The highest BCUT2D eigenvalue weighted by atomic mass is 35.5. The van der Waals surface area contributed by atoms with Crippen LogP contribution in [0.5, 0.6) is 17.2 Å². The maximum absolute atomic E-state index is 12.3. The molecular weight excluding hydrogens is 442 g/mol. The van der Waals surface area contributed by atoms with E-state index in [1.807, 2.05) is 18.2 Å². The van der Waals surface area contributed by atoms with Gasteiger partial charge in [-0.25, -0.2) is 4.68 Å². The van der Waals surface area contributed by atoms with Gasteiger partial charge in [0.15, 0.2) is 5.82 Å². The molecule has 1 aromatic heterocycles. The van der Waals surface area contributed by atoms with Crippen LogP contribution in [0.15, 0.2) is 47.6 Å². The van der Waals surface area contributed by atoms with Crippen LogP contribution in [0.4, 0.5) is 5.69 Å². The monoisotopic (exact) mass is 463 g/mol. The molecule has 0 atom stereocenters. The number of halogens is 1. The Kier molecular flexibility index (Phi) is 7.85. The number of anilines is 1. The molecule has 1 amide bonds. The third kappa shape index (κ3) is 6.19. The molecule has 3 rings (SSSR count). The van der Waals surface area contributed by atoms with Gasteiger partial charge in [0.2, 0.25) is 11.1 Å². The van der Waals surface area contributed by atoms with Gasteiger partial charge in [0.05, 0.1) is 19.9 Å². The van der Waals surface area contributed by atoms with Crippen LogP contribution < -0.4 is 25.4 Å². The van der Waals surface area contributed by atoms with E-state index in [0.29, 0.717) is 44.7 Å².